The molecular weight excluding hydrogens is 420 g/mol. The molecular formula is C23H29ClN2O3S. The van der Waals surface area contributed by atoms with Gasteiger partial charge in [-0.3, -0.25) is 4.79 Å². The van der Waals surface area contributed by atoms with Crippen molar-refractivity contribution in [3.05, 3.63) is 64.2 Å². The Morgan fingerprint density at radius 2 is 1.87 bits per heavy atom. The molecule has 1 saturated heterocycles. The van der Waals surface area contributed by atoms with Crippen LogP contribution in [0, 0.1) is 19.8 Å². The van der Waals surface area contributed by atoms with Gasteiger partial charge in [-0.05, 0) is 74.1 Å². The number of amides is 1. The molecule has 0 radical (unpaired) electrons. The highest BCUT2D eigenvalue weighted by Gasteiger charge is 2.34. The predicted molar refractivity (Wildman–Crippen MR) is 120 cm³/mol. The second-order valence-corrected chi connectivity index (χ2v) is 10.3. The summed E-state index contributed by atoms with van der Waals surface area (Å²) in [5.41, 5.74) is 3.49. The Labute approximate surface area is 184 Å². The number of benzene rings is 2. The molecule has 2 atom stereocenters. The van der Waals surface area contributed by atoms with E-state index in [1.165, 1.54) is 27.6 Å². The SMILES string of the molecule is CC[C@@H](NC(=O)[C@H]1CCCN(S(=O)(=O)c2ccc(Cl)cc2)C1)c1ccc(C)c(C)c1. The average Bonchev–Trinajstić information content (AvgIpc) is 2.74. The minimum absolute atomic E-state index is 0.0833. The van der Waals surface area contributed by atoms with Crippen molar-refractivity contribution in [2.75, 3.05) is 13.1 Å². The van der Waals surface area contributed by atoms with Gasteiger partial charge >= 0.3 is 0 Å². The van der Waals surface area contributed by atoms with Crippen LogP contribution < -0.4 is 5.32 Å². The molecule has 0 aromatic heterocycles. The number of piperidine rings is 1. The van der Waals surface area contributed by atoms with E-state index in [0.717, 1.165) is 12.0 Å². The molecule has 30 heavy (non-hydrogen) atoms. The van der Waals surface area contributed by atoms with Gasteiger partial charge in [-0.2, -0.15) is 4.31 Å². The average molecular weight is 449 g/mol. The fourth-order valence-corrected chi connectivity index (χ4v) is 5.47. The summed E-state index contributed by atoms with van der Waals surface area (Å²) in [6.07, 6.45) is 2.11. The lowest BCUT2D eigenvalue weighted by Crippen LogP contribution is -2.46. The first-order valence-corrected chi connectivity index (χ1v) is 12.2. The summed E-state index contributed by atoms with van der Waals surface area (Å²) >= 11 is 5.88. The van der Waals surface area contributed by atoms with Crippen LogP contribution in [0.4, 0.5) is 0 Å². The molecule has 1 aliphatic rings. The fourth-order valence-electron chi connectivity index (χ4n) is 3.82. The topological polar surface area (TPSA) is 66.5 Å². The maximum absolute atomic E-state index is 13.0. The standard InChI is InChI=1S/C23H29ClN2O3S/c1-4-22(18-8-7-16(2)17(3)14-18)25-23(27)19-6-5-13-26(15-19)30(28,29)21-11-9-20(24)10-12-21/h7-12,14,19,22H,4-6,13,15H2,1-3H3,(H,25,27)/t19-,22+/m0/s1. The zero-order chi connectivity index (χ0) is 21.9. The van der Waals surface area contributed by atoms with E-state index in [1.807, 2.05) is 6.92 Å². The number of halogens is 1. The molecule has 1 amide bonds. The zero-order valence-electron chi connectivity index (χ0n) is 17.7. The minimum Gasteiger partial charge on any atom is -0.349 e. The van der Waals surface area contributed by atoms with Crippen LogP contribution in [0.5, 0.6) is 0 Å². The summed E-state index contributed by atoms with van der Waals surface area (Å²) in [7, 11) is -3.65. The number of hydrogen-bond donors (Lipinski definition) is 1. The number of nitrogens with one attached hydrogen (secondary N) is 1. The lowest BCUT2D eigenvalue weighted by atomic mass is 9.96. The van der Waals surface area contributed by atoms with Crippen LogP contribution >= 0.6 is 11.6 Å². The molecule has 1 aliphatic heterocycles. The van der Waals surface area contributed by atoms with Gasteiger partial charge in [-0.25, -0.2) is 8.42 Å². The summed E-state index contributed by atoms with van der Waals surface area (Å²) in [4.78, 5) is 13.2. The normalized spacial score (nSPS) is 18.7. The Morgan fingerprint density at radius 1 is 1.17 bits per heavy atom. The Bertz CT molecular complexity index is 1010. The molecule has 0 saturated carbocycles. The van der Waals surface area contributed by atoms with Gasteiger partial charge in [0.05, 0.1) is 16.9 Å². The molecule has 1 N–H and O–H groups in total. The van der Waals surface area contributed by atoms with Gasteiger partial charge in [0.15, 0.2) is 0 Å². The zero-order valence-corrected chi connectivity index (χ0v) is 19.3. The van der Waals surface area contributed by atoms with Crippen molar-refractivity contribution >= 4 is 27.5 Å². The van der Waals surface area contributed by atoms with E-state index in [-0.39, 0.29) is 29.3 Å². The van der Waals surface area contributed by atoms with Gasteiger partial charge in [-0.1, -0.05) is 36.7 Å². The van der Waals surface area contributed by atoms with E-state index < -0.39 is 10.0 Å². The third-order valence-electron chi connectivity index (χ3n) is 5.86. The quantitative estimate of drug-likeness (QED) is 0.700. The third-order valence-corrected chi connectivity index (χ3v) is 8.00. The van der Waals surface area contributed by atoms with Crippen LogP contribution in [0.15, 0.2) is 47.4 Å². The molecule has 0 aliphatic carbocycles. The minimum atomic E-state index is -3.65. The van der Waals surface area contributed by atoms with Gasteiger partial charge in [-0.15, -0.1) is 0 Å². The predicted octanol–water partition coefficient (Wildman–Crippen LogP) is 4.63. The number of carbonyl (C=O) groups excluding carboxylic acids is 1. The van der Waals surface area contributed by atoms with Crippen LogP contribution in [0.1, 0.15) is 48.9 Å². The summed E-state index contributed by atoms with van der Waals surface area (Å²) < 4.78 is 27.4. The van der Waals surface area contributed by atoms with E-state index in [9.17, 15) is 13.2 Å². The van der Waals surface area contributed by atoms with Gasteiger partial charge in [0.2, 0.25) is 15.9 Å². The maximum Gasteiger partial charge on any atom is 0.243 e. The van der Waals surface area contributed by atoms with E-state index in [0.29, 0.717) is 24.4 Å². The second-order valence-electron chi connectivity index (χ2n) is 7.97. The highest BCUT2D eigenvalue weighted by molar-refractivity contribution is 7.89. The van der Waals surface area contributed by atoms with Crippen molar-refractivity contribution in [2.24, 2.45) is 5.92 Å². The maximum atomic E-state index is 13.0. The summed E-state index contributed by atoms with van der Waals surface area (Å²) in [6.45, 7) is 6.78. The van der Waals surface area contributed by atoms with Gasteiger partial charge in [0.1, 0.15) is 0 Å². The monoisotopic (exact) mass is 448 g/mol. The number of nitrogens with zero attached hydrogens (tertiary/aromatic N) is 1. The van der Waals surface area contributed by atoms with Crippen molar-refractivity contribution in [3.8, 4) is 0 Å². The van der Waals surface area contributed by atoms with Gasteiger partial charge in [0, 0.05) is 18.1 Å². The largest absolute Gasteiger partial charge is 0.349 e. The smallest absolute Gasteiger partial charge is 0.243 e. The number of aryl methyl sites for hydroxylation is 2. The van der Waals surface area contributed by atoms with Crippen molar-refractivity contribution < 1.29 is 13.2 Å². The Hall–Kier alpha value is -1.89. The molecule has 0 unspecified atom stereocenters. The van der Waals surface area contributed by atoms with Crippen molar-refractivity contribution in [1.29, 1.82) is 0 Å². The van der Waals surface area contributed by atoms with Gasteiger partial charge < -0.3 is 5.32 Å². The molecule has 7 heteroatoms. The Kier molecular flexibility index (Phi) is 7.22. The van der Waals surface area contributed by atoms with Crippen LogP contribution in [-0.4, -0.2) is 31.7 Å². The summed E-state index contributed by atoms with van der Waals surface area (Å²) in [6, 6.07) is 12.3. The van der Waals surface area contributed by atoms with Crippen LogP contribution in [-0.2, 0) is 14.8 Å². The van der Waals surface area contributed by atoms with Gasteiger partial charge in [0.25, 0.3) is 0 Å². The molecule has 5 nitrogen and oxygen atoms in total. The lowest BCUT2D eigenvalue weighted by Gasteiger charge is -2.32. The van der Waals surface area contributed by atoms with E-state index >= 15 is 0 Å². The highest BCUT2D eigenvalue weighted by Crippen LogP contribution is 2.26. The van der Waals surface area contributed by atoms with Crippen LogP contribution in [0.3, 0.4) is 0 Å². The summed E-state index contributed by atoms with van der Waals surface area (Å²) in [5.74, 6) is -0.447. The Balaban J connectivity index is 1.71. The molecule has 2 aromatic carbocycles. The van der Waals surface area contributed by atoms with Crippen molar-refractivity contribution in [3.63, 3.8) is 0 Å². The van der Waals surface area contributed by atoms with E-state index in [4.69, 9.17) is 11.6 Å². The molecule has 0 spiro atoms. The number of sulfonamides is 1. The first kappa shape index (κ1) is 22.8. The molecule has 0 bridgehead atoms. The first-order chi connectivity index (χ1) is 14.2. The van der Waals surface area contributed by atoms with E-state index in [1.54, 1.807) is 12.1 Å². The Morgan fingerprint density at radius 3 is 2.50 bits per heavy atom. The van der Waals surface area contributed by atoms with Crippen LogP contribution in [0.25, 0.3) is 0 Å². The highest BCUT2D eigenvalue weighted by atomic mass is 35.5. The molecule has 1 heterocycles. The summed E-state index contributed by atoms with van der Waals surface area (Å²) in [5, 5.41) is 3.63. The molecule has 2 aromatic rings. The molecule has 3 rings (SSSR count). The second kappa shape index (κ2) is 9.50. The lowest BCUT2D eigenvalue weighted by molar-refractivity contribution is -0.126. The molecule has 162 valence electrons. The fraction of sp³-hybridized carbons (Fsp3) is 0.435. The van der Waals surface area contributed by atoms with E-state index in [2.05, 4.69) is 37.4 Å². The van der Waals surface area contributed by atoms with Crippen molar-refractivity contribution in [2.45, 2.75) is 51.0 Å². The third kappa shape index (κ3) is 5.05. The number of carbonyl (C=O) groups is 1. The van der Waals surface area contributed by atoms with Crippen molar-refractivity contribution in [1.82, 2.24) is 9.62 Å². The van der Waals surface area contributed by atoms with Crippen LogP contribution in [0.2, 0.25) is 5.02 Å². The number of hydrogen-bond acceptors (Lipinski definition) is 3. The first-order valence-electron chi connectivity index (χ1n) is 10.4. The number of rotatable bonds is 6. The molecule has 1 fully saturated rings.